The summed E-state index contributed by atoms with van der Waals surface area (Å²) < 4.78 is 14.4. The Labute approximate surface area is 90.3 Å². The number of rotatable bonds is 3. The predicted molar refractivity (Wildman–Crippen MR) is 55.2 cm³/mol. The van der Waals surface area contributed by atoms with Crippen LogP contribution in [-0.4, -0.2) is 6.61 Å². The number of benzene rings is 1. The number of hydrogen-bond acceptors (Lipinski definition) is 2. The van der Waals surface area contributed by atoms with Gasteiger partial charge in [0.05, 0.1) is 6.61 Å². The first-order valence-electron chi connectivity index (χ1n) is 4.46. The molecule has 4 heteroatoms. The van der Waals surface area contributed by atoms with Gasteiger partial charge in [0.25, 0.3) is 0 Å². The molecule has 14 heavy (non-hydrogen) atoms. The topological polar surface area (TPSA) is 35.2 Å². The molecule has 76 valence electrons. The third-order valence-electron chi connectivity index (χ3n) is 2.71. The minimum atomic E-state index is -0.196. The lowest BCUT2D eigenvalue weighted by Crippen LogP contribution is -2.20. The normalized spacial score (nSPS) is 18.2. The van der Waals surface area contributed by atoms with Crippen molar-refractivity contribution in [2.45, 2.75) is 18.3 Å². The third-order valence-corrected chi connectivity index (χ3v) is 3.37. The van der Waals surface area contributed by atoms with Crippen molar-refractivity contribution >= 4 is 15.9 Å². The number of halogens is 2. The lowest BCUT2D eigenvalue weighted by atomic mass is 9.96. The van der Waals surface area contributed by atoms with Crippen LogP contribution >= 0.6 is 15.9 Å². The van der Waals surface area contributed by atoms with Gasteiger partial charge >= 0.3 is 0 Å². The van der Waals surface area contributed by atoms with Gasteiger partial charge in [-0.3, -0.25) is 0 Å². The maximum absolute atomic E-state index is 13.6. The molecule has 0 saturated heterocycles. The van der Waals surface area contributed by atoms with Gasteiger partial charge in [-0.15, -0.1) is 0 Å². The molecule has 0 spiro atoms. The van der Waals surface area contributed by atoms with Gasteiger partial charge in [-0.1, -0.05) is 22.0 Å². The quantitative estimate of drug-likeness (QED) is 0.847. The van der Waals surface area contributed by atoms with Crippen molar-refractivity contribution in [1.82, 2.24) is 0 Å². The molecule has 1 saturated carbocycles. The van der Waals surface area contributed by atoms with Crippen LogP contribution in [0.5, 0.6) is 0 Å². The van der Waals surface area contributed by atoms with Gasteiger partial charge < -0.3 is 4.84 Å². The molecule has 1 aromatic carbocycles. The fourth-order valence-electron chi connectivity index (χ4n) is 1.78. The summed E-state index contributed by atoms with van der Waals surface area (Å²) in [5.41, 5.74) is 0.504. The Bertz CT molecular complexity index is 332. The summed E-state index contributed by atoms with van der Waals surface area (Å²) in [4.78, 5) is 4.65. The van der Waals surface area contributed by atoms with Crippen LogP contribution in [-0.2, 0) is 10.3 Å². The maximum Gasteiger partial charge on any atom is 0.128 e. The summed E-state index contributed by atoms with van der Waals surface area (Å²) in [6.45, 7) is 0.381. The fraction of sp³-hybridized carbons (Fsp3) is 0.400. The lowest BCUT2D eigenvalue weighted by Gasteiger charge is -2.16. The Morgan fingerprint density at radius 1 is 1.50 bits per heavy atom. The molecule has 2 nitrogen and oxygen atoms in total. The van der Waals surface area contributed by atoms with Crippen molar-refractivity contribution in [3.05, 3.63) is 34.1 Å². The number of nitrogens with two attached hydrogens (primary N) is 1. The molecular weight excluding hydrogens is 249 g/mol. The third kappa shape index (κ3) is 1.58. The second-order valence-corrected chi connectivity index (χ2v) is 4.54. The monoisotopic (exact) mass is 259 g/mol. The molecule has 0 aromatic heterocycles. The van der Waals surface area contributed by atoms with Crippen LogP contribution in [0.25, 0.3) is 0 Å². The minimum absolute atomic E-state index is 0.186. The van der Waals surface area contributed by atoms with Gasteiger partial charge in [0.2, 0.25) is 0 Å². The Balaban J connectivity index is 2.40. The zero-order chi connectivity index (χ0) is 10.2. The molecule has 2 rings (SSSR count). The van der Waals surface area contributed by atoms with E-state index in [0.29, 0.717) is 12.2 Å². The van der Waals surface area contributed by atoms with Gasteiger partial charge in [-0.2, -0.15) is 0 Å². The first-order chi connectivity index (χ1) is 6.69. The highest BCUT2D eigenvalue weighted by Crippen LogP contribution is 2.51. The summed E-state index contributed by atoms with van der Waals surface area (Å²) in [5.74, 6) is 4.87. The van der Waals surface area contributed by atoms with Crippen molar-refractivity contribution in [2.75, 3.05) is 6.61 Å². The largest absolute Gasteiger partial charge is 0.304 e. The van der Waals surface area contributed by atoms with Crippen LogP contribution in [0.3, 0.4) is 0 Å². The minimum Gasteiger partial charge on any atom is -0.304 e. The number of hydrogen-bond donors (Lipinski definition) is 1. The SMILES string of the molecule is NOCC1(c2c(F)cccc2Br)CC1. The van der Waals surface area contributed by atoms with Crippen LogP contribution in [0.15, 0.2) is 22.7 Å². The van der Waals surface area contributed by atoms with Crippen LogP contribution < -0.4 is 5.90 Å². The van der Waals surface area contributed by atoms with Crippen molar-refractivity contribution in [3.8, 4) is 0 Å². The summed E-state index contributed by atoms with van der Waals surface area (Å²) in [6, 6.07) is 4.99. The van der Waals surface area contributed by atoms with E-state index in [2.05, 4.69) is 20.8 Å². The van der Waals surface area contributed by atoms with E-state index in [-0.39, 0.29) is 11.2 Å². The Hall–Kier alpha value is -0.450. The molecule has 0 radical (unpaired) electrons. The smallest absolute Gasteiger partial charge is 0.128 e. The van der Waals surface area contributed by atoms with Crippen LogP contribution in [0, 0.1) is 5.82 Å². The van der Waals surface area contributed by atoms with Crippen molar-refractivity contribution < 1.29 is 9.23 Å². The first-order valence-corrected chi connectivity index (χ1v) is 5.25. The van der Waals surface area contributed by atoms with Crippen LogP contribution in [0.4, 0.5) is 4.39 Å². The van der Waals surface area contributed by atoms with Gasteiger partial charge in [-0.05, 0) is 25.0 Å². The van der Waals surface area contributed by atoms with E-state index < -0.39 is 0 Å². The Morgan fingerprint density at radius 2 is 2.21 bits per heavy atom. The van der Waals surface area contributed by atoms with Crippen molar-refractivity contribution in [3.63, 3.8) is 0 Å². The van der Waals surface area contributed by atoms with Gasteiger partial charge in [-0.25, -0.2) is 10.3 Å². The summed E-state index contributed by atoms with van der Waals surface area (Å²) in [5, 5.41) is 0. The summed E-state index contributed by atoms with van der Waals surface area (Å²) in [6.07, 6.45) is 1.87. The Kier molecular flexibility index (Phi) is 2.60. The molecular formula is C10H11BrFNO. The van der Waals surface area contributed by atoms with E-state index in [0.717, 1.165) is 17.3 Å². The average molecular weight is 260 g/mol. The zero-order valence-electron chi connectivity index (χ0n) is 7.59. The predicted octanol–water partition coefficient (Wildman–Crippen LogP) is 2.51. The van der Waals surface area contributed by atoms with E-state index in [1.54, 1.807) is 6.07 Å². The van der Waals surface area contributed by atoms with Gasteiger partial charge in [0, 0.05) is 15.5 Å². The van der Waals surface area contributed by atoms with Crippen LogP contribution in [0.1, 0.15) is 18.4 Å². The molecule has 0 bridgehead atoms. The molecule has 0 heterocycles. The molecule has 0 aliphatic heterocycles. The molecule has 1 fully saturated rings. The van der Waals surface area contributed by atoms with Gasteiger partial charge in [0.15, 0.2) is 0 Å². The second-order valence-electron chi connectivity index (χ2n) is 3.69. The molecule has 0 amide bonds. The lowest BCUT2D eigenvalue weighted by molar-refractivity contribution is 0.115. The standard InChI is InChI=1S/C10H11BrFNO/c11-7-2-1-3-8(12)9(7)10(4-5-10)6-14-13/h1-3H,4-6,13H2. The zero-order valence-corrected chi connectivity index (χ0v) is 9.18. The average Bonchev–Trinajstić information content (AvgIpc) is 2.86. The molecule has 0 unspecified atom stereocenters. The highest BCUT2D eigenvalue weighted by Gasteiger charge is 2.47. The summed E-state index contributed by atoms with van der Waals surface area (Å²) >= 11 is 3.36. The van der Waals surface area contributed by atoms with Crippen LogP contribution in [0.2, 0.25) is 0 Å². The van der Waals surface area contributed by atoms with E-state index >= 15 is 0 Å². The van der Waals surface area contributed by atoms with E-state index in [1.807, 2.05) is 6.07 Å². The maximum atomic E-state index is 13.6. The van der Waals surface area contributed by atoms with Crippen molar-refractivity contribution in [1.29, 1.82) is 0 Å². The van der Waals surface area contributed by atoms with E-state index in [9.17, 15) is 4.39 Å². The highest BCUT2D eigenvalue weighted by atomic mass is 79.9. The van der Waals surface area contributed by atoms with Gasteiger partial charge in [0.1, 0.15) is 5.82 Å². The first kappa shape index (κ1) is 10.1. The molecule has 1 aliphatic carbocycles. The second kappa shape index (κ2) is 3.61. The molecule has 0 atom stereocenters. The molecule has 2 N–H and O–H groups in total. The fourth-order valence-corrected chi connectivity index (χ4v) is 2.54. The highest BCUT2D eigenvalue weighted by molar-refractivity contribution is 9.10. The molecule has 1 aromatic rings. The molecule has 1 aliphatic rings. The van der Waals surface area contributed by atoms with E-state index in [1.165, 1.54) is 6.07 Å². The Morgan fingerprint density at radius 3 is 2.71 bits per heavy atom. The summed E-state index contributed by atoms with van der Waals surface area (Å²) in [7, 11) is 0. The van der Waals surface area contributed by atoms with E-state index in [4.69, 9.17) is 5.90 Å². The van der Waals surface area contributed by atoms with Crippen molar-refractivity contribution in [2.24, 2.45) is 5.90 Å².